The molecule has 0 aromatic rings. The molecule has 122 valence electrons. The van der Waals surface area contributed by atoms with Crippen LogP contribution in [0.3, 0.4) is 0 Å². The van der Waals surface area contributed by atoms with Crippen LogP contribution in [0.4, 0.5) is 4.79 Å². The van der Waals surface area contributed by atoms with Crippen molar-refractivity contribution in [3.8, 4) is 0 Å². The third kappa shape index (κ3) is 7.53. The van der Waals surface area contributed by atoms with Crippen LogP contribution in [-0.4, -0.2) is 55.2 Å². The normalized spacial score (nSPS) is 12.6. The predicted octanol–water partition coefficient (Wildman–Crippen LogP) is 1.17. The standard InChI is InChI=1S/C14H26N2O5/c1-9(2)11(15-13(19)21-14(3,4)5)12(18)16(6)8-10(17)20-7/h9,11H,8H2,1-7H3,(H,15,19). The molecule has 0 fully saturated rings. The Kier molecular flexibility index (Phi) is 7.18. The summed E-state index contributed by atoms with van der Waals surface area (Å²) >= 11 is 0. The zero-order valence-corrected chi connectivity index (χ0v) is 13.9. The van der Waals surface area contributed by atoms with Crippen molar-refractivity contribution in [1.82, 2.24) is 10.2 Å². The summed E-state index contributed by atoms with van der Waals surface area (Å²) in [5.74, 6) is -1.04. The lowest BCUT2D eigenvalue weighted by Gasteiger charge is -2.28. The molecule has 0 rings (SSSR count). The first-order valence-corrected chi connectivity index (χ1v) is 6.79. The van der Waals surface area contributed by atoms with Crippen LogP contribution in [0.15, 0.2) is 0 Å². The first-order valence-electron chi connectivity index (χ1n) is 6.79. The molecular formula is C14H26N2O5. The molecule has 0 radical (unpaired) electrons. The molecule has 0 aromatic carbocycles. The number of alkyl carbamates (subject to hydrolysis) is 1. The van der Waals surface area contributed by atoms with Crippen LogP contribution >= 0.6 is 0 Å². The number of hydrogen-bond acceptors (Lipinski definition) is 5. The Balaban J connectivity index is 4.78. The third-order valence-corrected chi connectivity index (χ3v) is 2.58. The van der Waals surface area contributed by atoms with E-state index < -0.39 is 23.7 Å². The van der Waals surface area contributed by atoms with E-state index >= 15 is 0 Å². The molecule has 0 bridgehead atoms. The number of esters is 1. The molecule has 0 saturated carbocycles. The van der Waals surface area contributed by atoms with Crippen LogP contribution in [0.5, 0.6) is 0 Å². The molecule has 1 unspecified atom stereocenters. The molecule has 0 heterocycles. The van der Waals surface area contributed by atoms with E-state index in [-0.39, 0.29) is 18.4 Å². The van der Waals surface area contributed by atoms with Gasteiger partial charge in [0.1, 0.15) is 18.2 Å². The minimum atomic E-state index is -0.769. The summed E-state index contributed by atoms with van der Waals surface area (Å²) in [6.07, 6.45) is -0.666. The fourth-order valence-electron chi connectivity index (χ4n) is 1.52. The number of nitrogens with zero attached hydrogens (tertiary/aromatic N) is 1. The smallest absolute Gasteiger partial charge is 0.408 e. The van der Waals surface area contributed by atoms with Crippen LogP contribution in [-0.2, 0) is 19.1 Å². The maximum absolute atomic E-state index is 12.3. The average molecular weight is 302 g/mol. The van der Waals surface area contributed by atoms with Crippen molar-refractivity contribution in [2.45, 2.75) is 46.3 Å². The fraction of sp³-hybridized carbons (Fsp3) is 0.786. The van der Waals surface area contributed by atoms with E-state index in [2.05, 4.69) is 10.1 Å². The van der Waals surface area contributed by atoms with E-state index in [0.29, 0.717) is 0 Å². The van der Waals surface area contributed by atoms with Crippen molar-refractivity contribution in [2.24, 2.45) is 5.92 Å². The average Bonchev–Trinajstić information content (AvgIpc) is 2.32. The number of rotatable bonds is 5. The number of nitrogens with one attached hydrogen (secondary N) is 1. The van der Waals surface area contributed by atoms with E-state index in [1.807, 2.05) is 0 Å². The number of amides is 2. The summed E-state index contributed by atoms with van der Waals surface area (Å²) in [6, 6.07) is -0.769. The first-order chi connectivity index (χ1) is 9.47. The Morgan fingerprint density at radius 3 is 2.10 bits per heavy atom. The van der Waals surface area contributed by atoms with Gasteiger partial charge < -0.3 is 19.7 Å². The Hall–Kier alpha value is -1.79. The second-order valence-corrected chi connectivity index (χ2v) is 6.14. The molecule has 1 N–H and O–H groups in total. The SMILES string of the molecule is COC(=O)CN(C)C(=O)C(NC(=O)OC(C)(C)C)C(C)C. The number of carbonyl (C=O) groups is 3. The highest BCUT2D eigenvalue weighted by molar-refractivity contribution is 5.88. The van der Waals surface area contributed by atoms with Gasteiger partial charge in [-0.2, -0.15) is 0 Å². The molecule has 21 heavy (non-hydrogen) atoms. The molecular weight excluding hydrogens is 276 g/mol. The number of ether oxygens (including phenoxy) is 2. The van der Waals surface area contributed by atoms with E-state index in [1.54, 1.807) is 34.6 Å². The van der Waals surface area contributed by atoms with E-state index in [4.69, 9.17) is 4.74 Å². The fourth-order valence-corrected chi connectivity index (χ4v) is 1.52. The van der Waals surface area contributed by atoms with Crippen LogP contribution in [0, 0.1) is 5.92 Å². The van der Waals surface area contributed by atoms with Gasteiger partial charge in [0.2, 0.25) is 5.91 Å². The lowest BCUT2D eigenvalue weighted by molar-refractivity contribution is -0.147. The number of hydrogen-bond donors (Lipinski definition) is 1. The van der Waals surface area contributed by atoms with Gasteiger partial charge in [-0.05, 0) is 26.7 Å². The molecule has 1 atom stereocenters. The van der Waals surface area contributed by atoms with Gasteiger partial charge in [-0.15, -0.1) is 0 Å². The van der Waals surface area contributed by atoms with Gasteiger partial charge in [-0.25, -0.2) is 4.79 Å². The largest absolute Gasteiger partial charge is 0.468 e. The molecule has 0 saturated heterocycles. The zero-order valence-electron chi connectivity index (χ0n) is 13.9. The van der Waals surface area contributed by atoms with Gasteiger partial charge in [0, 0.05) is 7.05 Å². The highest BCUT2D eigenvalue weighted by Gasteiger charge is 2.29. The van der Waals surface area contributed by atoms with Gasteiger partial charge in [-0.1, -0.05) is 13.8 Å². The quantitative estimate of drug-likeness (QED) is 0.771. The summed E-state index contributed by atoms with van der Waals surface area (Å²) in [7, 11) is 2.73. The van der Waals surface area contributed by atoms with Crippen molar-refractivity contribution in [3.63, 3.8) is 0 Å². The highest BCUT2D eigenvalue weighted by Crippen LogP contribution is 2.10. The van der Waals surface area contributed by atoms with Gasteiger partial charge in [0.05, 0.1) is 7.11 Å². The summed E-state index contributed by atoms with van der Waals surface area (Å²) in [4.78, 5) is 36.5. The number of likely N-dealkylation sites (N-methyl/N-ethyl adjacent to an activating group) is 1. The van der Waals surface area contributed by atoms with Gasteiger partial charge >= 0.3 is 12.1 Å². The molecule has 0 aliphatic carbocycles. The second kappa shape index (κ2) is 7.85. The summed E-state index contributed by atoms with van der Waals surface area (Å²) in [5, 5.41) is 2.54. The highest BCUT2D eigenvalue weighted by atomic mass is 16.6. The van der Waals surface area contributed by atoms with Crippen LogP contribution in [0.1, 0.15) is 34.6 Å². The van der Waals surface area contributed by atoms with Gasteiger partial charge in [0.25, 0.3) is 0 Å². The lowest BCUT2D eigenvalue weighted by Crippen LogP contribution is -2.52. The Labute approximate surface area is 126 Å². The van der Waals surface area contributed by atoms with E-state index in [1.165, 1.54) is 19.1 Å². The second-order valence-electron chi connectivity index (χ2n) is 6.14. The molecule has 7 heteroatoms. The van der Waals surface area contributed by atoms with Crippen molar-refractivity contribution in [2.75, 3.05) is 20.7 Å². The molecule has 0 aromatic heterocycles. The first kappa shape index (κ1) is 19.2. The van der Waals surface area contributed by atoms with Crippen LogP contribution in [0.25, 0.3) is 0 Å². The summed E-state index contributed by atoms with van der Waals surface area (Å²) in [5.41, 5.74) is -0.646. The molecule has 0 aliphatic rings. The Bertz CT molecular complexity index is 387. The minimum absolute atomic E-state index is 0.148. The monoisotopic (exact) mass is 302 g/mol. The molecule has 7 nitrogen and oxygen atoms in total. The van der Waals surface area contributed by atoms with Crippen molar-refractivity contribution in [3.05, 3.63) is 0 Å². The van der Waals surface area contributed by atoms with Crippen LogP contribution < -0.4 is 5.32 Å². The maximum atomic E-state index is 12.3. The van der Waals surface area contributed by atoms with E-state index in [9.17, 15) is 14.4 Å². The lowest BCUT2D eigenvalue weighted by atomic mass is 10.0. The topological polar surface area (TPSA) is 84.9 Å². The number of carbonyl (C=O) groups excluding carboxylic acids is 3. The van der Waals surface area contributed by atoms with Crippen molar-refractivity contribution < 1.29 is 23.9 Å². The zero-order chi connectivity index (χ0) is 16.8. The molecule has 0 aliphatic heterocycles. The minimum Gasteiger partial charge on any atom is -0.468 e. The summed E-state index contributed by atoms with van der Waals surface area (Å²) in [6.45, 7) is 8.64. The van der Waals surface area contributed by atoms with Gasteiger partial charge in [-0.3, -0.25) is 9.59 Å². The van der Waals surface area contributed by atoms with Crippen molar-refractivity contribution in [1.29, 1.82) is 0 Å². The van der Waals surface area contributed by atoms with Crippen LogP contribution in [0.2, 0.25) is 0 Å². The molecule has 2 amide bonds. The third-order valence-electron chi connectivity index (χ3n) is 2.58. The summed E-state index contributed by atoms with van der Waals surface area (Å²) < 4.78 is 9.65. The number of methoxy groups -OCH3 is 1. The van der Waals surface area contributed by atoms with Crippen molar-refractivity contribution >= 4 is 18.0 Å². The Morgan fingerprint density at radius 2 is 1.71 bits per heavy atom. The predicted molar refractivity (Wildman–Crippen MR) is 77.6 cm³/mol. The van der Waals surface area contributed by atoms with E-state index in [0.717, 1.165) is 0 Å². The maximum Gasteiger partial charge on any atom is 0.408 e. The van der Waals surface area contributed by atoms with Gasteiger partial charge in [0.15, 0.2) is 0 Å². The Morgan fingerprint density at radius 1 is 1.19 bits per heavy atom. The molecule has 0 spiro atoms.